The molecule has 0 rings (SSSR count). The van der Waals surface area contributed by atoms with Gasteiger partial charge in [0.05, 0.1) is 26.4 Å². The third-order valence-electron chi connectivity index (χ3n) is 17.8. The second-order valence-corrected chi connectivity index (χ2v) is 30.8. The number of rotatable bonds is 76. The number of carbonyl (C=O) groups excluding carboxylic acids is 4. The zero-order chi connectivity index (χ0) is 69.8. The lowest BCUT2D eigenvalue weighted by atomic mass is 10.0. The molecule has 0 saturated carbocycles. The molecule has 0 aromatic rings. The molecule has 0 aliphatic rings. The SMILES string of the molecule is CCCCCCCCCCCCCCCCC(=O)OC[C@H](COP(=O)(O)OC[C@@H](O)COP(=O)(O)OC[C@@H](COC(=O)CCCCCCCCCCCCCC)OC(=O)CCCCCCCCCCCCCCCC)OC(=O)CCCCCCCCCCCCCCC(C)C. The normalized spacial score (nSPS) is 13.9. The van der Waals surface area contributed by atoms with Crippen molar-refractivity contribution in [3.63, 3.8) is 0 Å². The van der Waals surface area contributed by atoms with Crippen molar-refractivity contribution in [3.05, 3.63) is 0 Å². The van der Waals surface area contributed by atoms with Crippen molar-refractivity contribution < 1.29 is 80.2 Å². The van der Waals surface area contributed by atoms with Crippen LogP contribution in [0.4, 0.5) is 0 Å². The van der Waals surface area contributed by atoms with Crippen molar-refractivity contribution in [2.45, 2.75) is 419 Å². The Labute approximate surface area is 581 Å². The average Bonchev–Trinajstić information content (AvgIpc) is 1.74. The Morgan fingerprint density at radius 3 is 0.716 bits per heavy atom. The molecule has 0 spiro atoms. The molecule has 17 nitrogen and oxygen atoms in total. The van der Waals surface area contributed by atoms with E-state index in [1.54, 1.807) is 0 Å². The molecule has 5 atom stereocenters. The number of aliphatic hydroxyl groups excluding tert-OH is 1. The first-order valence-electron chi connectivity index (χ1n) is 39.6. The van der Waals surface area contributed by atoms with Gasteiger partial charge in [-0.1, -0.05) is 349 Å². The van der Waals surface area contributed by atoms with Crippen LogP contribution >= 0.6 is 15.6 Å². The van der Waals surface area contributed by atoms with Gasteiger partial charge in [0, 0.05) is 25.7 Å². The molecule has 3 N–H and O–H groups in total. The Hall–Kier alpha value is -1.94. The van der Waals surface area contributed by atoms with Gasteiger partial charge in [-0.15, -0.1) is 0 Å². The van der Waals surface area contributed by atoms with Gasteiger partial charge in [0.25, 0.3) is 0 Å². The maximum Gasteiger partial charge on any atom is 0.472 e. The Kier molecular flexibility index (Phi) is 67.7. The van der Waals surface area contributed by atoms with Crippen molar-refractivity contribution in [3.8, 4) is 0 Å². The quantitative estimate of drug-likeness (QED) is 0.0222. The number of hydrogen-bond acceptors (Lipinski definition) is 15. The molecule has 0 bridgehead atoms. The van der Waals surface area contributed by atoms with E-state index in [1.807, 2.05) is 0 Å². The van der Waals surface area contributed by atoms with Gasteiger partial charge in [0.15, 0.2) is 12.2 Å². The molecular formula is C76H148O17P2. The van der Waals surface area contributed by atoms with Crippen LogP contribution in [0.1, 0.15) is 401 Å². The number of hydrogen-bond donors (Lipinski definition) is 3. The van der Waals surface area contributed by atoms with Gasteiger partial charge < -0.3 is 33.8 Å². The van der Waals surface area contributed by atoms with Crippen LogP contribution in [0.5, 0.6) is 0 Å². The van der Waals surface area contributed by atoms with E-state index < -0.39 is 97.5 Å². The predicted octanol–water partition coefficient (Wildman–Crippen LogP) is 22.5. The van der Waals surface area contributed by atoms with Crippen LogP contribution < -0.4 is 0 Å². The number of phosphoric acid groups is 2. The lowest BCUT2D eigenvalue weighted by Gasteiger charge is -2.21. The van der Waals surface area contributed by atoms with Gasteiger partial charge in [-0.2, -0.15) is 0 Å². The lowest BCUT2D eigenvalue weighted by Crippen LogP contribution is -2.30. The van der Waals surface area contributed by atoms with E-state index in [4.69, 9.17) is 37.0 Å². The summed E-state index contributed by atoms with van der Waals surface area (Å²) in [6.45, 7) is 7.32. The smallest absolute Gasteiger partial charge is 0.462 e. The summed E-state index contributed by atoms with van der Waals surface area (Å²) >= 11 is 0. The average molecular weight is 1400 g/mol. The minimum Gasteiger partial charge on any atom is -0.462 e. The molecule has 2 unspecified atom stereocenters. The fraction of sp³-hybridized carbons (Fsp3) is 0.947. The standard InChI is InChI=1S/C76H148O17P2/c1-6-9-12-15-18-21-24-27-29-35-40-45-50-55-60-74(79)87-66-72(93-76(81)62-57-52-47-42-37-32-31-33-38-43-48-53-58-69(4)5)68-91-95(84,85)89-64-70(77)63-88-94(82,83)90-67-71(65-86-73(78)59-54-49-44-39-34-26-23-20-17-14-11-8-3)92-75(80)61-56-51-46-41-36-30-28-25-22-19-16-13-10-7-2/h69-72,77H,6-68H2,1-5H3,(H,82,83)(H,84,85)/t70-,71+,72+/m0/s1. The molecule has 0 fully saturated rings. The number of carbonyl (C=O) groups is 4. The topological polar surface area (TPSA) is 237 Å². The summed E-state index contributed by atoms with van der Waals surface area (Å²) in [6.07, 6.45) is 58.0. The van der Waals surface area contributed by atoms with Crippen LogP contribution in [0.25, 0.3) is 0 Å². The third kappa shape index (κ3) is 70.3. The fourth-order valence-corrected chi connectivity index (χ4v) is 13.3. The highest BCUT2D eigenvalue weighted by molar-refractivity contribution is 7.47. The van der Waals surface area contributed by atoms with Gasteiger partial charge in [-0.25, -0.2) is 9.13 Å². The first-order valence-corrected chi connectivity index (χ1v) is 42.6. The maximum atomic E-state index is 13.1. The monoisotopic (exact) mass is 1400 g/mol. The number of unbranched alkanes of at least 4 members (excludes halogenated alkanes) is 48. The van der Waals surface area contributed by atoms with Crippen LogP contribution in [0, 0.1) is 5.92 Å². The van der Waals surface area contributed by atoms with Crippen molar-refractivity contribution in [1.82, 2.24) is 0 Å². The molecule has 0 aliphatic heterocycles. The molecule has 0 heterocycles. The van der Waals surface area contributed by atoms with Gasteiger partial charge in [0.2, 0.25) is 0 Å². The maximum absolute atomic E-state index is 13.1. The zero-order valence-electron chi connectivity index (χ0n) is 61.8. The van der Waals surface area contributed by atoms with Gasteiger partial charge in [-0.3, -0.25) is 37.3 Å². The molecule has 0 aromatic carbocycles. The lowest BCUT2D eigenvalue weighted by molar-refractivity contribution is -0.161. The molecule has 0 saturated heterocycles. The molecule has 0 aromatic heterocycles. The summed E-state index contributed by atoms with van der Waals surface area (Å²) in [7, 11) is -9.91. The Balaban J connectivity index is 5.26. The Bertz CT molecular complexity index is 1820. The van der Waals surface area contributed by atoms with Crippen molar-refractivity contribution in [2.75, 3.05) is 39.6 Å². The number of phosphoric ester groups is 2. The van der Waals surface area contributed by atoms with Crippen LogP contribution in [-0.2, 0) is 65.4 Å². The largest absolute Gasteiger partial charge is 0.472 e. The summed E-state index contributed by atoms with van der Waals surface area (Å²) in [5.41, 5.74) is 0. The van der Waals surface area contributed by atoms with Crippen LogP contribution in [0.2, 0.25) is 0 Å². The molecule has 0 amide bonds. The number of aliphatic hydroxyl groups is 1. The van der Waals surface area contributed by atoms with Crippen LogP contribution in [-0.4, -0.2) is 96.7 Å². The highest BCUT2D eigenvalue weighted by Crippen LogP contribution is 2.45. The summed E-state index contributed by atoms with van der Waals surface area (Å²) in [4.78, 5) is 72.9. The van der Waals surface area contributed by atoms with Crippen molar-refractivity contribution in [1.29, 1.82) is 0 Å². The van der Waals surface area contributed by atoms with Crippen LogP contribution in [0.15, 0.2) is 0 Å². The minimum atomic E-state index is -4.96. The van der Waals surface area contributed by atoms with Crippen molar-refractivity contribution >= 4 is 39.5 Å². The predicted molar refractivity (Wildman–Crippen MR) is 386 cm³/mol. The molecule has 95 heavy (non-hydrogen) atoms. The summed E-state index contributed by atoms with van der Waals surface area (Å²) in [5.74, 6) is -1.33. The second kappa shape index (κ2) is 69.2. The van der Waals surface area contributed by atoms with Crippen LogP contribution in [0.3, 0.4) is 0 Å². The highest BCUT2D eigenvalue weighted by Gasteiger charge is 2.30. The summed E-state index contributed by atoms with van der Waals surface area (Å²) in [5, 5.41) is 10.6. The first-order chi connectivity index (χ1) is 46.0. The Morgan fingerprint density at radius 2 is 0.484 bits per heavy atom. The zero-order valence-corrected chi connectivity index (χ0v) is 63.6. The summed E-state index contributed by atoms with van der Waals surface area (Å²) in [6, 6.07) is 0. The Morgan fingerprint density at radius 1 is 0.284 bits per heavy atom. The van der Waals surface area contributed by atoms with Gasteiger partial charge in [0.1, 0.15) is 19.3 Å². The van der Waals surface area contributed by atoms with Gasteiger partial charge in [-0.05, 0) is 31.6 Å². The molecule has 564 valence electrons. The molecule has 19 heteroatoms. The second-order valence-electron chi connectivity index (χ2n) is 27.9. The molecule has 0 radical (unpaired) electrons. The number of esters is 4. The van der Waals surface area contributed by atoms with E-state index >= 15 is 0 Å². The molecular weight excluding hydrogens is 1250 g/mol. The van der Waals surface area contributed by atoms with Crippen molar-refractivity contribution in [2.24, 2.45) is 5.92 Å². The summed E-state index contributed by atoms with van der Waals surface area (Å²) < 4.78 is 68.6. The van der Waals surface area contributed by atoms with E-state index in [0.717, 1.165) is 95.8 Å². The fourth-order valence-electron chi connectivity index (χ4n) is 11.7. The number of ether oxygens (including phenoxy) is 4. The first kappa shape index (κ1) is 93.1. The van der Waals surface area contributed by atoms with Gasteiger partial charge >= 0.3 is 39.5 Å². The highest BCUT2D eigenvalue weighted by atomic mass is 31.2. The minimum absolute atomic E-state index is 0.108. The molecule has 0 aliphatic carbocycles. The van der Waals surface area contributed by atoms with E-state index in [0.29, 0.717) is 25.7 Å². The van der Waals surface area contributed by atoms with E-state index in [1.165, 1.54) is 225 Å². The van der Waals surface area contributed by atoms with E-state index in [-0.39, 0.29) is 25.7 Å². The van der Waals surface area contributed by atoms with E-state index in [2.05, 4.69) is 34.6 Å². The van der Waals surface area contributed by atoms with E-state index in [9.17, 15) is 43.2 Å². The third-order valence-corrected chi connectivity index (χ3v) is 19.7.